The number of imidazole rings is 1. The average molecular weight is 342 g/mol. The zero-order valence-electron chi connectivity index (χ0n) is 15.0. The minimum atomic E-state index is -0.101. The molecule has 0 radical (unpaired) electrons. The van der Waals surface area contributed by atoms with Gasteiger partial charge in [0.1, 0.15) is 0 Å². The van der Waals surface area contributed by atoms with Crippen molar-refractivity contribution in [1.29, 1.82) is 0 Å². The zero-order valence-corrected chi connectivity index (χ0v) is 15.0. The predicted octanol–water partition coefficient (Wildman–Crippen LogP) is 5.36. The number of nitrogens with one attached hydrogen (secondary N) is 3. The third-order valence-electron chi connectivity index (χ3n) is 5.12. The normalized spacial score (nSPS) is 18.2. The molecule has 0 aliphatic heterocycles. The van der Waals surface area contributed by atoms with Crippen molar-refractivity contribution in [3.8, 4) is 0 Å². The maximum Gasteiger partial charge on any atom is 0.319 e. The molecule has 0 unspecified atom stereocenters. The van der Waals surface area contributed by atoms with Gasteiger partial charge in [-0.25, -0.2) is 9.78 Å². The molecule has 1 aliphatic rings. The highest BCUT2D eigenvalue weighted by atomic mass is 16.2. The molecule has 0 bridgehead atoms. The number of hydrogen-bond acceptors (Lipinski definition) is 2. The van der Waals surface area contributed by atoms with E-state index in [0.717, 1.165) is 29.6 Å². The van der Waals surface area contributed by atoms with Crippen molar-refractivity contribution in [2.24, 2.45) is 0 Å². The summed E-state index contributed by atoms with van der Waals surface area (Å²) in [4.78, 5) is 19.7. The highest BCUT2D eigenvalue weighted by Gasteiger charge is 2.13. The van der Waals surface area contributed by atoms with Crippen LogP contribution in [0.25, 0.3) is 11.0 Å². The van der Waals surface area contributed by atoms with Crippen LogP contribution in [0, 0.1) is 0 Å². The number of carbonyl (C=O) groups is 1. The topological polar surface area (TPSA) is 69.8 Å². The van der Waals surface area contributed by atoms with E-state index in [2.05, 4.69) is 20.6 Å². The Bertz CT molecular complexity index is 655. The van der Waals surface area contributed by atoms with Crippen molar-refractivity contribution in [2.45, 2.75) is 76.7 Å². The molecule has 0 spiro atoms. The number of carbonyl (C=O) groups excluding carboxylic acids is 1. The lowest BCUT2D eigenvalue weighted by atomic mass is 9.98. The molecule has 25 heavy (non-hydrogen) atoms. The van der Waals surface area contributed by atoms with Gasteiger partial charge in [-0.1, -0.05) is 57.8 Å². The number of urea groups is 1. The molecule has 2 aromatic rings. The minimum absolute atomic E-state index is 0.101. The molecular formula is C20H30N4O. The van der Waals surface area contributed by atoms with Gasteiger partial charge in [0.15, 0.2) is 0 Å². The summed E-state index contributed by atoms with van der Waals surface area (Å²) in [7, 11) is 0. The first-order valence-electron chi connectivity index (χ1n) is 9.82. The molecule has 0 saturated heterocycles. The minimum Gasteiger partial charge on any atom is -0.345 e. The maximum atomic E-state index is 12.4. The number of nitrogens with zero attached hydrogens (tertiary/aromatic N) is 1. The van der Waals surface area contributed by atoms with E-state index in [0.29, 0.717) is 0 Å². The Kier molecular flexibility index (Phi) is 6.71. The van der Waals surface area contributed by atoms with Crippen LogP contribution in [0.15, 0.2) is 24.5 Å². The van der Waals surface area contributed by atoms with Gasteiger partial charge in [0, 0.05) is 11.7 Å². The molecule has 0 atom stereocenters. The van der Waals surface area contributed by atoms with Crippen LogP contribution in [0.4, 0.5) is 10.5 Å². The summed E-state index contributed by atoms with van der Waals surface area (Å²) in [6.45, 7) is 0. The van der Waals surface area contributed by atoms with Crippen LogP contribution in [0.5, 0.6) is 0 Å². The van der Waals surface area contributed by atoms with Crippen LogP contribution in [0.2, 0.25) is 0 Å². The zero-order chi connectivity index (χ0) is 17.3. The van der Waals surface area contributed by atoms with Gasteiger partial charge < -0.3 is 15.6 Å². The summed E-state index contributed by atoms with van der Waals surface area (Å²) in [6.07, 6.45) is 15.7. The molecule has 3 N–H and O–H groups in total. The Morgan fingerprint density at radius 1 is 0.960 bits per heavy atom. The lowest BCUT2D eigenvalue weighted by Gasteiger charge is -2.20. The third kappa shape index (κ3) is 5.76. The van der Waals surface area contributed by atoms with Gasteiger partial charge in [0.05, 0.1) is 17.4 Å². The summed E-state index contributed by atoms with van der Waals surface area (Å²) in [5.74, 6) is 0. The van der Waals surface area contributed by atoms with Crippen molar-refractivity contribution >= 4 is 22.8 Å². The molecule has 136 valence electrons. The Morgan fingerprint density at radius 3 is 2.28 bits per heavy atom. The first-order chi connectivity index (χ1) is 12.3. The van der Waals surface area contributed by atoms with Crippen molar-refractivity contribution in [2.75, 3.05) is 5.32 Å². The molecular weight excluding hydrogens is 312 g/mol. The fourth-order valence-electron chi connectivity index (χ4n) is 3.67. The van der Waals surface area contributed by atoms with E-state index in [9.17, 15) is 4.79 Å². The van der Waals surface area contributed by atoms with Crippen LogP contribution in [0.1, 0.15) is 70.6 Å². The van der Waals surface area contributed by atoms with Gasteiger partial charge in [-0.15, -0.1) is 0 Å². The maximum absolute atomic E-state index is 12.4. The molecule has 5 nitrogen and oxygen atoms in total. The highest BCUT2D eigenvalue weighted by Crippen LogP contribution is 2.18. The standard InChI is InChI=1S/C20H30N4O/c25-20(24-17-12-13-18-19(14-17)22-15-21-18)23-16-10-8-6-4-2-1-3-5-7-9-11-16/h12-16H,1-11H2,(H,21,22)(H2,23,24,25). The highest BCUT2D eigenvalue weighted by molar-refractivity contribution is 5.91. The second-order valence-electron chi connectivity index (χ2n) is 7.19. The van der Waals surface area contributed by atoms with Gasteiger partial charge in [-0.3, -0.25) is 0 Å². The fraction of sp³-hybridized carbons (Fsp3) is 0.600. The van der Waals surface area contributed by atoms with Crippen molar-refractivity contribution in [3.63, 3.8) is 0 Å². The summed E-state index contributed by atoms with van der Waals surface area (Å²) in [6, 6.07) is 5.91. The molecule has 5 heteroatoms. The first-order valence-corrected chi connectivity index (χ1v) is 9.82. The smallest absolute Gasteiger partial charge is 0.319 e. The number of rotatable bonds is 2. The van der Waals surface area contributed by atoms with Gasteiger partial charge in [-0.2, -0.15) is 0 Å². The quantitative estimate of drug-likeness (QED) is 0.688. The van der Waals surface area contributed by atoms with Crippen LogP contribution in [0.3, 0.4) is 0 Å². The number of aromatic nitrogens is 2. The Hall–Kier alpha value is -2.04. The number of hydrogen-bond donors (Lipinski definition) is 3. The number of amides is 2. The van der Waals surface area contributed by atoms with E-state index in [4.69, 9.17) is 0 Å². The molecule has 1 aromatic heterocycles. The molecule has 3 rings (SSSR count). The fourth-order valence-corrected chi connectivity index (χ4v) is 3.67. The Labute approximate surface area is 150 Å². The number of anilines is 1. The number of fused-ring (bicyclic) bond motifs is 1. The van der Waals surface area contributed by atoms with E-state index in [1.165, 1.54) is 57.8 Å². The third-order valence-corrected chi connectivity index (χ3v) is 5.12. The first kappa shape index (κ1) is 17.8. The Morgan fingerprint density at radius 2 is 1.60 bits per heavy atom. The van der Waals surface area contributed by atoms with Crippen LogP contribution in [-0.2, 0) is 0 Å². The summed E-state index contributed by atoms with van der Waals surface area (Å²) >= 11 is 0. The van der Waals surface area contributed by atoms with Crippen molar-refractivity contribution < 1.29 is 4.79 Å². The molecule has 1 saturated carbocycles. The molecule has 1 aliphatic carbocycles. The summed E-state index contributed by atoms with van der Waals surface area (Å²) in [5.41, 5.74) is 2.64. The second-order valence-corrected chi connectivity index (χ2v) is 7.19. The number of aromatic amines is 1. The van der Waals surface area contributed by atoms with E-state index in [-0.39, 0.29) is 12.1 Å². The van der Waals surface area contributed by atoms with E-state index in [1.807, 2.05) is 18.2 Å². The molecule has 2 amide bonds. The van der Waals surface area contributed by atoms with E-state index < -0.39 is 0 Å². The number of H-pyrrole nitrogens is 1. The van der Waals surface area contributed by atoms with Crippen LogP contribution < -0.4 is 10.6 Å². The van der Waals surface area contributed by atoms with Crippen LogP contribution in [-0.4, -0.2) is 22.0 Å². The molecule has 1 heterocycles. The monoisotopic (exact) mass is 342 g/mol. The second kappa shape index (κ2) is 9.44. The van der Waals surface area contributed by atoms with Crippen LogP contribution >= 0.6 is 0 Å². The SMILES string of the molecule is O=C(Nc1ccc2nc[nH]c2c1)NC1CCCCCCCCCCC1. The van der Waals surface area contributed by atoms with Gasteiger partial charge in [0.2, 0.25) is 0 Å². The van der Waals surface area contributed by atoms with Gasteiger partial charge in [0.25, 0.3) is 0 Å². The summed E-state index contributed by atoms with van der Waals surface area (Å²) in [5, 5.41) is 6.15. The van der Waals surface area contributed by atoms with Gasteiger partial charge >= 0.3 is 6.03 Å². The molecule has 1 aromatic carbocycles. The van der Waals surface area contributed by atoms with Crippen molar-refractivity contribution in [3.05, 3.63) is 24.5 Å². The van der Waals surface area contributed by atoms with E-state index in [1.54, 1.807) is 6.33 Å². The lowest BCUT2D eigenvalue weighted by molar-refractivity contribution is 0.246. The predicted molar refractivity (Wildman–Crippen MR) is 103 cm³/mol. The average Bonchev–Trinajstić information content (AvgIpc) is 3.05. The largest absolute Gasteiger partial charge is 0.345 e. The molecule has 1 fully saturated rings. The lowest BCUT2D eigenvalue weighted by Crippen LogP contribution is -2.38. The Balaban J connectivity index is 1.51. The van der Waals surface area contributed by atoms with Crippen molar-refractivity contribution in [1.82, 2.24) is 15.3 Å². The van der Waals surface area contributed by atoms with Gasteiger partial charge in [-0.05, 0) is 31.0 Å². The summed E-state index contributed by atoms with van der Waals surface area (Å²) < 4.78 is 0. The van der Waals surface area contributed by atoms with E-state index >= 15 is 0 Å². The number of benzene rings is 1.